The molecule has 3 amide bonds. The first-order valence-corrected chi connectivity index (χ1v) is 10.2. The van der Waals surface area contributed by atoms with Gasteiger partial charge in [0, 0.05) is 30.9 Å². The van der Waals surface area contributed by atoms with E-state index in [0.29, 0.717) is 18.9 Å². The Labute approximate surface area is 166 Å². The van der Waals surface area contributed by atoms with E-state index in [1.54, 1.807) is 0 Å². The molecule has 1 aliphatic carbocycles. The van der Waals surface area contributed by atoms with Gasteiger partial charge in [0.25, 0.3) is 0 Å². The first-order valence-electron chi connectivity index (χ1n) is 10.2. The van der Waals surface area contributed by atoms with Crippen molar-refractivity contribution < 1.29 is 9.59 Å². The van der Waals surface area contributed by atoms with E-state index in [1.165, 1.54) is 36.8 Å². The van der Waals surface area contributed by atoms with E-state index in [9.17, 15) is 9.59 Å². The van der Waals surface area contributed by atoms with Gasteiger partial charge in [-0.1, -0.05) is 37.1 Å². The Hall–Kier alpha value is -2.82. The third-order valence-electron chi connectivity index (χ3n) is 5.79. The largest absolute Gasteiger partial charge is 0.326 e. The van der Waals surface area contributed by atoms with Crippen molar-refractivity contribution in [3.63, 3.8) is 0 Å². The number of amides is 3. The van der Waals surface area contributed by atoms with E-state index < -0.39 is 0 Å². The highest BCUT2D eigenvalue weighted by Gasteiger charge is 2.21. The summed E-state index contributed by atoms with van der Waals surface area (Å²) < 4.78 is 0. The first kappa shape index (κ1) is 18.5. The second-order valence-electron chi connectivity index (χ2n) is 7.85. The standard InChI is InChI=1S/C23H27N3O2/c27-22(15-17-5-1-2-6-17)24-20-9-11-21(12-10-20)25-23(28)26-14-13-18-7-3-4-8-19(18)16-26/h3-4,7-12,17H,1-2,5-6,13-16H2,(H,24,27)(H,25,28). The maximum absolute atomic E-state index is 12.6. The summed E-state index contributed by atoms with van der Waals surface area (Å²) in [5.41, 5.74) is 4.04. The van der Waals surface area contributed by atoms with Gasteiger partial charge in [-0.05, 0) is 60.6 Å². The Morgan fingerprint density at radius 2 is 1.54 bits per heavy atom. The number of nitrogens with zero attached hydrogens (tertiary/aromatic N) is 1. The number of benzene rings is 2. The molecule has 2 aromatic rings. The number of hydrogen-bond donors (Lipinski definition) is 2. The van der Waals surface area contributed by atoms with E-state index in [1.807, 2.05) is 41.3 Å². The molecule has 1 saturated carbocycles. The molecule has 1 fully saturated rings. The zero-order valence-electron chi connectivity index (χ0n) is 16.1. The van der Waals surface area contributed by atoms with Crippen molar-refractivity contribution in [2.45, 2.75) is 45.1 Å². The smallest absolute Gasteiger partial charge is 0.322 e. The van der Waals surface area contributed by atoms with Crippen LogP contribution in [-0.4, -0.2) is 23.4 Å². The van der Waals surface area contributed by atoms with Crippen LogP contribution in [-0.2, 0) is 17.8 Å². The quantitative estimate of drug-likeness (QED) is 0.804. The molecule has 2 aliphatic rings. The second kappa shape index (κ2) is 8.46. The molecule has 0 saturated heterocycles. The van der Waals surface area contributed by atoms with Crippen LogP contribution in [0.2, 0.25) is 0 Å². The van der Waals surface area contributed by atoms with Gasteiger partial charge in [0.2, 0.25) is 5.91 Å². The van der Waals surface area contributed by atoms with Crippen LogP contribution in [0.4, 0.5) is 16.2 Å². The van der Waals surface area contributed by atoms with Crippen LogP contribution in [0, 0.1) is 5.92 Å². The van der Waals surface area contributed by atoms with Crippen LogP contribution in [0.5, 0.6) is 0 Å². The molecule has 0 radical (unpaired) electrons. The van der Waals surface area contributed by atoms with Gasteiger partial charge < -0.3 is 15.5 Å². The average Bonchev–Trinajstić information content (AvgIpc) is 3.22. The van der Waals surface area contributed by atoms with Crippen LogP contribution >= 0.6 is 0 Å². The molecule has 1 aliphatic heterocycles. The zero-order valence-corrected chi connectivity index (χ0v) is 16.1. The van der Waals surface area contributed by atoms with Gasteiger partial charge in [-0.3, -0.25) is 4.79 Å². The molecule has 5 heteroatoms. The van der Waals surface area contributed by atoms with Gasteiger partial charge in [-0.2, -0.15) is 0 Å². The maximum atomic E-state index is 12.6. The van der Waals surface area contributed by atoms with Gasteiger partial charge in [0.1, 0.15) is 0 Å². The molecule has 28 heavy (non-hydrogen) atoms. The topological polar surface area (TPSA) is 61.4 Å². The molecule has 0 aromatic heterocycles. The summed E-state index contributed by atoms with van der Waals surface area (Å²) in [5.74, 6) is 0.615. The second-order valence-corrected chi connectivity index (χ2v) is 7.85. The number of anilines is 2. The highest BCUT2D eigenvalue weighted by Crippen LogP contribution is 2.28. The Morgan fingerprint density at radius 3 is 2.25 bits per heavy atom. The van der Waals surface area contributed by atoms with Crippen molar-refractivity contribution in [2.24, 2.45) is 5.92 Å². The first-order chi connectivity index (χ1) is 13.7. The predicted octanol–water partition coefficient (Wildman–Crippen LogP) is 4.80. The predicted molar refractivity (Wildman–Crippen MR) is 111 cm³/mol. The average molecular weight is 377 g/mol. The summed E-state index contributed by atoms with van der Waals surface area (Å²) in [6.45, 7) is 1.36. The highest BCUT2D eigenvalue weighted by molar-refractivity contribution is 5.92. The van der Waals surface area contributed by atoms with Crippen LogP contribution in [0.3, 0.4) is 0 Å². The molecule has 0 atom stereocenters. The van der Waals surface area contributed by atoms with Gasteiger partial charge in [-0.25, -0.2) is 4.79 Å². The van der Waals surface area contributed by atoms with Crippen molar-refractivity contribution in [1.82, 2.24) is 4.90 Å². The molecule has 2 aromatic carbocycles. The Bertz CT molecular complexity index is 841. The minimum Gasteiger partial charge on any atom is -0.326 e. The molecule has 1 heterocycles. The van der Waals surface area contributed by atoms with E-state index in [-0.39, 0.29) is 11.9 Å². The maximum Gasteiger partial charge on any atom is 0.322 e. The van der Waals surface area contributed by atoms with Crippen molar-refractivity contribution in [1.29, 1.82) is 0 Å². The SMILES string of the molecule is O=C(CC1CCCC1)Nc1ccc(NC(=O)N2CCc3ccccc3C2)cc1. The number of hydrogen-bond acceptors (Lipinski definition) is 2. The highest BCUT2D eigenvalue weighted by atomic mass is 16.2. The van der Waals surface area contributed by atoms with E-state index in [4.69, 9.17) is 0 Å². The minimum absolute atomic E-state index is 0.0793. The monoisotopic (exact) mass is 377 g/mol. The minimum atomic E-state index is -0.0903. The fourth-order valence-corrected chi connectivity index (χ4v) is 4.20. The lowest BCUT2D eigenvalue weighted by atomic mass is 10.0. The fraction of sp³-hybridized carbons (Fsp3) is 0.391. The Kier molecular flexibility index (Phi) is 5.60. The van der Waals surface area contributed by atoms with Gasteiger partial charge in [0.05, 0.1) is 0 Å². The zero-order chi connectivity index (χ0) is 19.3. The lowest BCUT2D eigenvalue weighted by molar-refractivity contribution is -0.117. The van der Waals surface area contributed by atoms with E-state index in [2.05, 4.69) is 22.8 Å². The molecular weight excluding hydrogens is 350 g/mol. The van der Waals surface area contributed by atoms with Crippen molar-refractivity contribution in [2.75, 3.05) is 17.2 Å². The summed E-state index contributed by atoms with van der Waals surface area (Å²) in [6.07, 6.45) is 6.31. The number of rotatable bonds is 4. The van der Waals surface area contributed by atoms with Crippen LogP contribution in [0.15, 0.2) is 48.5 Å². The van der Waals surface area contributed by atoms with E-state index >= 15 is 0 Å². The number of nitrogens with one attached hydrogen (secondary N) is 2. The summed E-state index contributed by atoms with van der Waals surface area (Å²) in [4.78, 5) is 26.6. The molecule has 0 spiro atoms. The molecule has 146 valence electrons. The molecular formula is C23H27N3O2. The van der Waals surface area contributed by atoms with Crippen LogP contribution in [0.25, 0.3) is 0 Å². The molecule has 2 N–H and O–H groups in total. The van der Waals surface area contributed by atoms with Crippen LogP contribution < -0.4 is 10.6 Å². The lowest BCUT2D eigenvalue weighted by Gasteiger charge is -2.29. The number of carbonyl (C=O) groups is 2. The van der Waals surface area contributed by atoms with Gasteiger partial charge in [0.15, 0.2) is 0 Å². The number of carbonyl (C=O) groups excluding carboxylic acids is 2. The number of fused-ring (bicyclic) bond motifs is 1. The molecule has 0 unspecified atom stereocenters. The summed E-state index contributed by atoms with van der Waals surface area (Å²) in [5, 5.41) is 5.92. The number of urea groups is 1. The molecule has 4 rings (SSSR count). The third kappa shape index (κ3) is 4.53. The van der Waals surface area contributed by atoms with Gasteiger partial charge >= 0.3 is 6.03 Å². The lowest BCUT2D eigenvalue weighted by Crippen LogP contribution is -2.38. The Morgan fingerprint density at radius 1 is 0.893 bits per heavy atom. The normalized spacial score (nSPS) is 16.5. The fourth-order valence-electron chi connectivity index (χ4n) is 4.20. The molecule has 0 bridgehead atoms. The van der Waals surface area contributed by atoms with E-state index in [0.717, 1.165) is 24.3 Å². The Balaban J connectivity index is 1.29. The molecule has 5 nitrogen and oxygen atoms in total. The van der Waals surface area contributed by atoms with Crippen LogP contribution in [0.1, 0.15) is 43.2 Å². The van der Waals surface area contributed by atoms with Crippen molar-refractivity contribution >= 4 is 23.3 Å². The van der Waals surface area contributed by atoms with Crippen molar-refractivity contribution in [3.8, 4) is 0 Å². The summed E-state index contributed by atoms with van der Waals surface area (Å²) >= 11 is 0. The third-order valence-corrected chi connectivity index (χ3v) is 5.79. The van der Waals surface area contributed by atoms with Gasteiger partial charge in [-0.15, -0.1) is 0 Å². The van der Waals surface area contributed by atoms with Crippen molar-refractivity contribution in [3.05, 3.63) is 59.7 Å². The summed E-state index contributed by atoms with van der Waals surface area (Å²) in [7, 11) is 0. The summed E-state index contributed by atoms with van der Waals surface area (Å²) in [6, 6.07) is 15.5.